The molecule has 0 spiro atoms. The lowest BCUT2D eigenvalue weighted by atomic mass is 10.0. The predicted molar refractivity (Wildman–Crippen MR) is 57.2 cm³/mol. The predicted octanol–water partition coefficient (Wildman–Crippen LogP) is 2.72. The molecule has 0 atom stereocenters. The Kier molecular flexibility index (Phi) is 2.49. The van der Waals surface area contributed by atoms with Gasteiger partial charge in [0.1, 0.15) is 0 Å². The second kappa shape index (κ2) is 3.81. The van der Waals surface area contributed by atoms with E-state index in [1.807, 2.05) is 12.1 Å². The van der Waals surface area contributed by atoms with Crippen LogP contribution in [-0.4, -0.2) is 5.16 Å². The van der Waals surface area contributed by atoms with Crippen LogP contribution in [0.3, 0.4) is 0 Å². The van der Waals surface area contributed by atoms with Crippen LogP contribution in [0.25, 0.3) is 11.5 Å². The fraction of sp³-hybridized carbons (Fsp3) is 0.364. The molecule has 4 nitrogen and oxygen atoms in total. The van der Waals surface area contributed by atoms with E-state index in [4.69, 9.17) is 14.7 Å². The molecule has 0 bridgehead atoms. The first-order valence-electron chi connectivity index (χ1n) is 4.96. The molecule has 4 heteroatoms. The maximum Gasteiger partial charge on any atom is 0.226 e. The zero-order valence-corrected chi connectivity index (χ0v) is 8.86. The van der Waals surface area contributed by atoms with Crippen molar-refractivity contribution in [3.8, 4) is 11.5 Å². The number of nitrogen functional groups attached to an aromatic ring is 1. The van der Waals surface area contributed by atoms with Gasteiger partial charge in [0.15, 0.2) is 11.5 Å². The topological polar surface area (TPSA) is 65.2 Å². The highest BCUT2D eigenvalue weighted by atomic mass is 16.5. The highest BCUT2D eigenvalue weighted by Gasteiger charge is 2.18. The Labute approximate surface area is 88.0 Å². The summed E-state index contributed by atoms with van der Waals surface area (Å²) in [6.07, 6.45) is 2.45. The van der Waals surface area contributed by atoms with Crippen LogP contribution in [-0.2, 0) is 6.42 Å². The van der Waals surface area contributed by atoms with Crippen molar-refractivity contribution >= 4 is 5.88 Å². The first-order valence-corrected chi connectivity index (χ1v) is 4.96. The van der Waals surface area contributed by atoms with Crippen molar-refractivity contribution in [2.24, 2.45) is 5.92 Å². The van der Waals surface area contributed by atoms with E-state index in [0.717, 1.165) is 12.0 Å². The van der Waals surface area contributed by atoms with E-state index in [0.29, 0.717) is 23.3 Å². The summed E-state index contributed by atoms with van der Waals surface area (Å²) < 4.78 is 10.3. The molecule has 80 valence electrons. The van der Waals surface area contributed by atoms with E-state index in [2.05, 4.69) is 19.0 Å². The third kappa shape index (κ3) is 1.88. The number of hydrogen-bond donors (Lipinski definition) is 1. The van der Waals surface area contributed by atoms with Gasteiger partial charge in [0.2, 0.25) is 5.88 Å². The fourth-order valence-corrected chi connectivity index (χ4v) is 1.53. The molecule has 0 radical (unpaired) electrons. The van der Waals surface area contributed by atoms with Gasteiger partial charge in [-0.1, -0.05) is 19.0 Å². The fourth-order valence-electron chi connectivity index (χ4n) is 1.53. The highest BCUT2D eigenvalue weighted by Crippen LogP contribution is 2.29. The summed E-state index contributed by atoms with van der Waals surface area (Å²) in [4.78, 5) is 0. The van der Waals surface area contributed by atoms with Gasteiger partial charge in [0.25, 0.3) is 0 Å². The Balaban J connectivity index is 2.40. The van der Waals surface area contributed by atoms with E-state index in [1.54, 1.807) is 6.26 Å². The van der Waals surface area contributed by atoms with Crippen LogP contribution in [0.15, 0.2) is 27.3 Å². The number of aromatic nitrogens is 1. The van der Waals surface area contributed by atoms with E-state index >= 15 is 0 Å². The van der Waals surface area contributed by atoms with E-state index in [9.17, 15) is 0 Å². The summed E-state index contributed by atoms with van der Waals surface area (Å²) in [5, 5.41) is 3.92. The van der Waals surface area contributed by atoms with Crippen molar-refractivity contribution in [2.75, 3.05) is 5.73 Å². The highest BCUT2D eigenvalue weighted by molar-refractivity contribution is 5.62. The van der Waals surface area contributed by atoms with Crippen LogP contribution < -0.4 is 5.73 Å². The summed E-state index contributed by atoms with van der Waals surface area (Å²) in [6, 6.07) is 3.67. The zero-order chi connectivity index (χ0) is 10.8. The molecular formula is C11H14N2O2. The van der Waals surface area contributed by atoms with Crippen molar-refractivity contribution in [3.63, 3.8) is 0 Å². The molecule has 2 heterocycles. The van der Waals surface area contributed by atoms with Crippen LogP contribution in [0.2, 0.25) is 0 Å². The Bertz CT molecular complexity index is 429. The Morgan fingerprint density at radius 3 is 2.87 bits per heavy atom. The number of anilines is 1. The first-order chi connectivity index (χ1) is 7.18. The lowest BCUT2D eigenvalue weighted by molar-refractivity contribution is 0.435. The number of nitrogens with two attached hydrogens (primary N) is 1. The maximum absolute atomic E-state index is 5.72. The Hall–Kier alpha value is -1.71. The van der Waals surface area contributed by atoms with Gasteiger partial charge in [-0.25, -0.2) is 0 Å². The third-order valence-electron chi connectivity index (χ3n) is 2.19. The number of furan rings is 1. The van der Waals surface area contributed by atoms with Crippen molar-refractivity contribution in [1.29, 1.82) is 0 Å². The molecule has 0 unspecified atom stereocenters. The van der Waals surface area contributed by atoms with E-state index < -0.39 is 0 Å². The van der Waals surface area contributed by atoms with Crippen LogP contribution in [0, 0.1) is 5.92 Å². The van der Waals surface area contributed by atoms with Gasteiger partial charge < -0.3 is 14.7 Å². The molecule has 15 heavy (non-hydrogen) atoms. The molecule has 0 aliphatic rings. The van der Waals surface area contributed by atoms with Gasteiger partial charge >= 0.3 is 0 Å². The number of hydrogen-bond acceptors (Lipinski definition) is 4. The first kappa shape index (κ1) is 9.83. The smallest absolute Gasteiger partial charge is 0.226 e. The molecule has 0 saturated heterocycles. The molecule has 2 rings (SSSR count). The minimum atomic E-state index is 0.384. The van der Waals surface area contributed by atoms with Gasteiger partial charge in [-0.05, 0) is 24.5 Å². The SMILES string of the molecule is CC(C)Cc1c(-c2ccco2)noc1N. The largest absolute Gasteiger partial charge is 0.463 e. The van der Waals surface area contributed by atoms with Crippen molar-refractivity contribution in [2.45, 2.75) is 20.3 Å². The zero-order valence-electron chi connectivity index (χ0n) is 8.86. The minimum Gasteiger partial charge on any atom is -0.463 e. The van der Waals surface area contributed by atoms with E-state index in [-0.39, 0.29) is 0 Å². The molecule has 2 aromatic rings. The third-order valence-corrected chi connectivity index (χ3v) is 2.19. The van der Waals surface area contributed by atoms with Crippen LogP contribution in [0.5, 0.6) is 0 Å². The molecule has 0 amide bonds. The van der Waals surface area contributed by atoms with Crippen molar-refractivity contribution in [1.82, 2.24) is 5.16 Å². The average Bonchev–Trinajstić information content (AvgIpc) is 2.76. The summed E-state index contributed by atoms with van der Waals surface area (Å²) in [5.74, 6) is 1.58. The standard InChI is InChI=1S/C11H14N2O2/c1-7(2)6-8-10(13-15-11(8)12)9-4-3-5-14-9/h3-5,7H,6,12H2,1-2H3. The van der Waals surface area contributed by atoms with Gasteiger partial charge in [0.05, 0.1) is 6.26 Å². The second-order valence-electron chi connectivity index (χ2n) is 3.95. The molecular weight excluding hydrogens is 192 g/mol. The maximum atomic E-state index is 5.72. The lowest BCUT2D eigenvalue weighted by Gasteiger charge is -2.03. The van der Waals surface area contributed by atoms with Crippen LogP contribution >= 0.6 is 0 Å². The quantitative estimate of drug-likeness (QED) is 0.838. The Morgan fingerprint density at radius 2 is 2.27 bits per heavy atom. The second-order valence-corrected chi connectivity index (χ2v) is 3.95. The van der Waals surface area contributed by atoms with Crippen LogP contribution in [0.4, 0.5) is 5.88 Å². The summed E-state index contributed by atoms with van der Waals surface area (Å²) >= 11 is 0. The molecule has 2 N–H and O–H groups in total. The summed E-state index contributed by atoms with van der Waals surface area (Å²) in [5.41, 5.74) is 7.37. The van der Waals surface area contributed by atoms with Crippen LogP contribution in [0.1, 0.15) is 19.4 Å². The molecule has 0 fully saturated rings. The minimum absolute atomic E-state index is 0.384. The molecule has 0 aliphatic heterocycles. The molecule has 0 aromatic carbocycles. The summed E-state index contributed by atoms with van der Waals surface area (Å²) in [6.45, 7) is 4.25. The van der Waals surface area contributed by atoms with Gasteiger partial charge in [-0.3, -0.25) is 0 Å². The Morgan fingerprint density at radius 1 is 1.47 bits per heavy atom. The van der Waals surface area contributed by atoms with Gasteiger partial charge in [-0.15, -0.1) is 0 Å². The van der Waals surface area contributed by atoms with Crippen molar-refractivity contribution in [3.05, 3.63) is 24.0 Å². The molecule has 0 aliphatic carbocycles. The van der Waals surface area contributed by atoms with Gasteiger partial charge in [0, 0.05) is 5.56 Å². The average molecular weight is 206 g/mol. The molecule has 0 saturated carbocycles. The van der Waals surface area contributed by atoms with E-state index in [1.165, 1.54) is 0 Å². The lowest BCUT2D eigenvalue weighted by Crippen LogP contribution is -1.98. The monoisotopic (exact) mass is 206 g/mol. The number of nitrogens with zero attached hydrogens (tertiary/aromatic N) is 1. The summed E-state index contributed by atoms with van der Waals surface area (Å²) in [7, 11) is 0. The molecule has 2 aromatic heterocycles. The normalized spacial score (nSPS) is 11.1. The number of rotatable bonds is 3. The van der Waals surface area contributed by atoms with Crippen molar-refractivity contribution < 1.29 is 8.94 Å². The van der Waals surface area contributed by atoms with Gasteiger partial charge in [-0.2, -0.15) is 0 Å².